The smallest absolute Gasteiger partial charge is 0.145 e. The van der Waals surface area contributed by atoms with Crippen LogP contribution < -0.4 is 0 Å². The molecule has 1 aliphatic rings. The molecule has 10 heavy (non-hydrogen) atoms. The molecule has 0 aromatic rings. The Bertz CT molecular complexity index is 170. The Morgan fingerprint density at radius 1 is 1.60 bits per heavy atom. The monoisotopic (exact) mass is 154 g/mol. The van der Waals surface area contributed by atoms with Crippen LogP contribution in [0.5, 0.6) is 0 Å². The van der Waals surface area contributed by atoms with Crippen LogP contribution in [-0.4, -0.2) is 14.4 Å². The van der Waals surface area contributed by atoms with Crippen molar-refractivity contribution in [3.05, 3.63) is 11.6 Å². The molecule has 0 aromatic heterocycles. The molecule has 1 heterocycles. The van der Waals surface area contributed by atoms with Gasteiger partial charge in [-0.05, 0) is 18.0 Å². The van der Waals surface area contributed by atoms with Crippen molar-refractivity contribution >= 4 is 14.4 Å². The average molecular weight is 154 g/mol. The van der Waals surface area contributed by atoms with E-state index < -0.39 is 8.07 Å². The first-order chi connectivity index (χ1) is 4.64. The molecule has 2 heteroatoms. The first-order valence-corrected chi connectivity index (χ1v) is 7.20. The largest absolute Gasteiger partial charge is 0.298 e. The quantitative estimate of drug-likeness (QED) is 0.418. The van der Waals surface area contributed by atoms with Crippen molar-refractivity contribution in [3.63, 3.8) is 0 Å². The van der Waals surface area contributed by atoms with E-state index in [1.54, 1.807) is 0 Å². The van der Waals surface area contributed by atoms with Gasteiger partial charge in [0, 0.05) is 0 Å². The van der Waals surface area contributed by atoms with Crippen molar-refractivity contribution in [2.75, 3.05) is 0 Å². The van der Waals surface area contributed by atoms with Crippen LogP contribution in [0.2, 0.25) is 25.2 Å². The average Bonchev–Trinajstić information content (AvgIpc) is 1.86. The molecule has 0 aliphatic carbocycles. The summed E-state index contributed by atoms with van der Waals surface area (Å²) in [5.74, 6) is 0. The van der Waals surface area contributed by atoms with Crippen LogP contribution in [-0.2, 0) is 4.79 Å². The number of carbonyl (C=O) groups is 1. The molecular formula is C8H14OSi. The van der Waals surface area contributed by atoms with Crippen LogP contribution in [0.4, 0.5) is 0 Å². The fraction of sp³-hybridized carbons (Fsp3) is 0.625. The van der Waals surface area contributed by atoms with Crippen LogP contribution in [0.3, 0.4) is 0 Å². The van der Waals surface area contributed by atoms with Gasteiger partial charge in [0.15, 0.2) is 0 Å². The summed E-state index contributed by atoms with van der Waals surface area (Å²) in [4.78, 5) is 10.4. The number of hydrogen-bond donors (Lipinski definition) is 0. The van der Waals surface area contributed by atoms with Gasteiger partial charge in [0.2, 0.25) is 0 Å². The van der Waals surface area contributed by atoms with E-state index in [1.807, 2.05) is 0 Å². The molecule has 0 amide bonds. The standard InChI is InChI=1S/C8H14OSi/c1-10(2)5-3-4-8(6-9)7-10/h4,6H,3,5,7H2,1-2H3. The summed E-state index contributed by atoms with van der Waals surface area (Å²) in [5, 5.41) is 0. The number of rotatable bonds is 1. The SMILES string of the molecule is C[Si]1(C)CCC=C(C=O)C1. The molecule has 0 aromatic carbocycles. The summed E-state index contributed by atoms with van der Waals surface area (Å²) in [5.41, 5.74) is 1.04. The van der Waals surface area contributed by atoms with Crippen molar-refractivity contribution in [1.29, 1.82) is 0 Å². The van der Waals surface area contributed by atoms with Gasteiger partial charge in [-0.2, -0.15) is 0 Å². The maximum absolute atomic E-state index is 10.4. The lowest BCUT2D eigenvalue weighted by molar-refractivity contribution is -0.104. The predicted octanol–water partition coefficient (Wildman–Crippen LogP) is 2.22. The second kappa shape index (κ2) is 2.70. The molecule has 0 saturated heterocycles. The van der Waals surface area contributed by atoms with Crippen LogP contribution in [0.15, 0.2) is 11.6 Å². The first-order valence-electron chi connectivity index (χ1n) is 3.78. The Balaban J connectivity index is 2.65. The van der Waals surface area contributed by atoms with E-state index in [9.17, 15) is 4.79 Å². The van der Waals surface area contributed by atoms with Gasteiger partial charge >= 0.3 is 0 Å². The lowest BCUT2D eigenvalue weighted by Gasteiger charge is -2.25. The number of allylic oxidation sites excluding steroid dienone is 2. The van der Waals surface area contributed by atoms with Gasteiger partial charge in [-0.1, -0.05) is 25.2 Å². The molecule has 0 bridgehead atoms. The highest BCUT2D eigenvalue weighted by molar-refractivity contribution is 6.78. The van der Waals surface area contributed by atoms with Gasteiger partial charge in [0.1, 0.15) is 6.29 Å². The maximum Gasteiger partial charge on any atom is 0.145 e. The summed E-state index contributed by atoms with van der Waals surface area (Å²) in [6, 6.07) is 2.45. The van der Waals surface area contributed by atoms with Crippen molar-refractivity contribution in [1.82, 2.24) is 0 Å². The molecule has 0 saturated carbocycles. The number of aldehydes is 1. The van der Waals surface area contributed by atoms with Gasteiger partial charge in [0.05, 0.1) is 8.07 Å². The highest BCUT2D eigenvalue weighted by Crippen LogP contribution is 2.26. The predicted molar refractivity (Wildman–Crippen MR) is 45.9 cm³/mol. The van der Waals surface area contributed by atoms with Crippen molar-refractivity contribution < 1.29 is 4.79 Å². The zero-order valence-corrected chi connectivity index (χ0v) is 7.68. The third-order valence-corrected chi connectivity index (χ3v) is 5.07. The highest BCUT2D eigenvalue weighted by Gasteiger charge is 2.24. The minimum atomic E-state index is -0.974. The number of hydrogen-bond acceptors (Lipinski definition) is 1. The summed E-state index contributed by atoms with van der Waals surface area (Å²) in [6.45, 7) is 4.70. The van der Waals surface area contributed by atoms with Gasteiger partial charge < -0.3 is 0 Å². The molecule has 0 atom stereocenters. The fourth-order valence-corrected chi connectivity index (χ4v) is 3.89. The van der Waals surface area contributed by atoms with Crippen LogP contribution in [0.25, 0.3) is 0 Å². The van der Waals surface area contributed by atoms with Crippen LogP contribution in [0, 0.1) is 0 Å². The molecule has 0 N–H and O–H groups in total. The van der Waals surface area contributed by atoms with Crippen LogP contribution in [0.1, 0.15) is 6.42 Å². The molecule has 0 unspecified atom stereocenters. The second-order valence-corrected chi connectivity index (χ2v) is 8.96. The zero-order valence-electron chi connectivity index (χ0n) is 6.68. The van der Waals surface area contributed by atoms with E-state index in [4.69, 9.17) is 0 Å². The Morgan fingerprint density at radius 3 is 2.70 bits per heavy atom. The zero-order chi connectivity index (χ0) is 7.61. The lowest BCUT2D eigenvalue weighted by Crippen LogP contribution is -2.27. The molecule has 1 rings (SSSR count). The Kier molecular flexibility index (Phi) is 2.09. The maximum atomic E-state index is 10.4. The molecule has 0 radical (unpaired) electrons. The molecule has 1 nitrogen and oxygen atoms in total. The second-order valence-electron chi connectivity index (χ2n) is 3.78. The van der Waals surface area contributed by atoms with E-state index in [0.29, 0.717) is 0 Å². The lowest BCUT2D eigenvalue weighted by atomic mass is 10.2. The third kappa shape index (κ3) is 1.80. The molecule has 0 spiro atoms. The Morgan fingerprint density at radius 2 is 2.30 bits per heavy atom. The van der Waals surface area contributed by atoms with E-state index in [0.717, 1.165) is 24.3 Å². The van der Waals surface area contributed by atoms with Crippen molar-refractivity contribution in [2.24, 2.45) is 0 Å². The summed E-state index contributed by atoms with van der Waals surface area (Å²) in [6.07, 6.45) is 4.24. The Labute approximate surface area is 63.1 Å². The van der Waals surface area contributed by atoms with Gasteiger partial charge in [-0.3, -0.25) is 4.79 Å². The van der Waals surface area contributed by atoms with E-state index in [1.165, 1.54) is 6.04 Å². The summed E-state index contributed by atoms with van der Waals surface area (Å²) >= 11 is 0. The van der Waals surface area contributed by atoms with E-state index >= 15 is 0 Å². The third-order valence-electron chi connectivity index (χ3n) is 2.06. The summed E-state index contributed by atoms with van der Waals surface area (Å²) in [7, 11) is -0.974. The molecular weight excluding hydrogens is 140 g/mol. The van der Waals surface area contributed by atoms with Gasteiger partial charge in [-0.15, -0.1) is 0 Å². The Hall–Kier alpha value is -0.373. The molecule has 56 valence electrons. The van der Waals surface area contributed by atoms with Crippen molar-refractivity contribution in [2.45, 2.75) is 31.6 Å². The highest BCUT2D eigenvalue weighted by atomic mass is 28.3. The van der Waals surface area contributed by atoms with Gasteiger partial charge in [0.25, 0.3) is 0 Å². The molecule has 0 fully saturated rings. The number of carbonyl (C=O) groups excluding carboxylic acids is 1. The van der Waals surface area contributed by atoms with Crippen molar-refractivity contribution in [3.8, 4) is 0 Å². The first kappa shape index (κ1) is 7.73. The van der Waals surface area contributed by atoms with Gasteiger partial charge in [-0.25, -0.2) is 0 Å². The van der Waals surface area contributed by atoms with Crippen LogP contribution >= 0.6 is 0 Å². The minimum absolute atomic E-state index is 0.974. The topological polar surface area (TPSA) is 17.1 Å². The minimum Gasteiger partial charge on any atom is -0.298 e. The van der Waals surface area contributed by atoms with E-state index in [-0.39, 0.29) is 0 Å². The summed E-state index contributed by atoms with van der Waals surface area (Å²) < 4.78 is 0. The normalized spacial score (nSPS) is 23.6. The molecule has 1 aliphatic heterocycles. The fourth-order valence-electron chi connectivity index (χ4n) is 1.45. The van der Waals surface area contributed by atoms with E-state index in [2.05, 4.69) is 19.2 Å².